The average molecular weight is 497 g/mol. The lowest BCUT2D eigenvalue weighted by atomic mass is 10.1. The summed E-state index contributed by atoms with van der Waals surface area (Å²) in [6.07, 6.45) is 9.58. The van der Waals surface area contributed by atoms with Gasteiger partial charge in [-0.05, 0) is 73.4 Å². The minimum absolute atomic E-state index is 0.0149. The molecule has 180 valence electrons. The second-order valence-electron chi connectivity index (χ2n) is 10.1. The van der Waals surface area contributed by atoms with Crippen LogP contribution in [0.15, 0.2) is 61.1 Å². The van der Waals surface area contributed by atoms with Gasteiger partial charge >= 0.3 is 0 Å². The van der Waals surface area contributed by atoms with Gasteiger partial charge in [0, 0.05) is 35.2 Å². The van der Waals surface area contributed by atoms with Crippen LogP contribution in [0.2, 0.25) is 5.02 Å². The minimum atomic E-state index is -0.0747. The standard InChI is InChI=1S/C28H25ClN6O/c1-16-9-25-24(27(30-16)32-28(36)23-11-22(23)18-3-2-4-20(29)10-18)15-35(33-25)14-21-13-34-12-19(17-5-6-17)7-8-26(34)31-21/h2-4,7-10,12-13,15,17,22-23H,5-6,11,14H2,1H3,(H,30,32,36)/t22?,23-/m0/s1. The third-order valence-corrected chi connectivity index (χ3v) is 7.46. The van der Waals surface area contributed by atoms with Crippen LogP contribution >= 0.6 is 11.6 Å². The Morgan fingerprint density at radius 2 is 1.97 bits per heavy atom. The van der Waals surface area contributed by atoms with Gasteiger partial charge in [0.1, 0.15) is 11.5 Å². The molecule has 2 aliphatic carbocycles. The van der Waals surface area contributed by atoms with Crippen molar-refractivity contribution in [2.75, 3.05) is 5.32 Å². The summed E-state index contributed by atoms with van der Waals surface area (Å²) in [7, 11) is 0. The predicted molar refractivity (Wildman–Crippen MR) is 139 cm³/mol. The molecule has 0 aliphatic heterocycles. The van der Waals surface area contributed by atoms with E-state index in [0.29, 0.717) is 23.3 Å². The lowest BCUT2D eigenvalue weighted by Gasteiger charge is -2.06. The summed E-state index contributed by atoms with van der Waals surface area (Å²) in [5, 5.41) is 9.35. The first-order valence-corrected chi connectivity index (χ1v) is 12.8. The quantitative estimate of drug-likeness (QED) is 0.326. The van der Waals surface area contributed by atoms with Gasteiger partial charge in [-0.15, -0.1) is 0 Å². The minimum Gasteiger partial charge on any atom is -0.310 e. The highest BCUT2D eigenvalue weighted by Gasteiger charge is 2.44. The highest BCUT2D eigenvalue weighted by Crippen LogP contribution is 2.48. The van der Waals surface area contributed by atoms with Crippen molar-refractivity contribution in [3.05, 3.63) is 88.6 Å². The smallest absolute Gasteiger partial charge is 0.229 e. The molecule has 4 aromatic heterocycles. The van der Waals surface area contributed by atoms with E-state index in [1.807, 2.05) is 48.1 Å². The summed E-state index contributed by atoms with van der Waals surface area (Å²) in [4.78, 5) is 22.4. The fourth-order valence-electron chi connectivity index (χ4n) is 5.13. The van der Waals surface area contributed by atoms with Crippen LogP contribution in [0, 0.1) is 12.8 Å². The number of imidazole rings is 1. The van der Waals surface area contributed by atoms with Gasteiger partial charge in [0.2, 0.25) is 5.91 Å². The van der Waals surface area contributed by atoms with Crippen LogP contribution in [0.5, 0.6) is 0 Å². The zero-order valence-electron chi connectivity index (χ0n) is 19.9. The monoisotopic (exact) mass is 496 g/mol. The highest BCUT2D eigenvalue weighted by molar-refractivity contribution is 6.30. The molecule has 0 bridgehead atoms. The number of pyridine rings is 2. The Hall–Kier alpha value is -3.71. The zero-order chi connectivity index (χ0) is 24.4. The highest BCUT2D eigenvalue weighted by atomic mass is 35.5. The molecule has 1 aromatic carbocycles. The van der Waals surface area contributed by atoms with Gasteiger partial charge < -0.3 is 9.72 Å². The first-order chi connectivity index (χ1) is 17.5. The zero-order valence-corrected chi connectivity index (χ0v) is 20.6. The van der Waals surface area contributed by atoms with Crippen molar-refractivity contribution >= 4 is 39.9 Å². The molecular formula is C28H25ClN6O. The molecular weight excluding hydrogens is 472 g/mol. The Labute approximate surface area is 213 Å². The van der Waals surface area contributed by atoms with Gasteiger partial charge in [-0.1, -0.05) is 29.8 Å². The van der Waals surface area contributed by atoms with Crippen molar-refractivity contribution in [2.45, 2.75) is 44.6 Å². The number of hydrogen-bond donors (Lipinski definition) is 1. The Balaban J connectivity index is 1.12. The van der Waals surface area contributed by atoms with Crippen molar-refractivity contribution in [3.63, 3.8) is 0 Å². The largest absolute Gasteiger partial charge is 0.310 e. The number of carbonyl (C=O) groups is 1. The van der Waals surface area contributed by atoms with E-state index in [9.17, 15) is 4.79 Å². The van der Waals surface area contributed by atoms with Crippen LogP contribution in [-0.4, -0.2) is 30.1 Å². The van der Waals surface area contributed by atoms with Crippen LogP contribution in [0.4, 0.5) is 5.82 Å². The molecule has 5 aromatic rings. The van der Waals surface area contributed by atoms with Crippen molar-refractivity contribution in [2.24, 2.45) is 5.92 Å². The van der Waals surface area contributed by atoms with E-state index in [-0.39, 0.29) is 17.7 Å². The van der Waals surface area contributed by atoms with Gasteiger partial charge in [-0.3, -0.25) is 9.48 Å². The van der Waals surface area contributed by atoms with E-state index in [2.05, 4.69) is 39.2 Å². The Morgan fingerprint density at radius 1 is 1.08 bits per heavy atom. The number of carbonyl (C=O) groups excluding carboxylic acids is 1. The summed E-state index contributed by atoms with van der Waals surface area (Å²) in [5.41, 5.74) is 5.98. The Kier molecular flexibility index (Phi) is 4.89. The lowest BCUT2D eigenvalue weighted by Crippen LogP contribution is -2.16. The predicted octanol–water partition coefficient (Wildman–Crippen LogP) is 5.71. The summed E-state index contributed by atoms with van der Waals surface area (Å²) in [6, 6.07) is 14.0. The number of nitrogens with zero attached hydrogens (tertiary/aromatic N) is 5. The molecule has 2 fully saturated rings. The second-order valence-corrected chi connectivity index (χ2v) is 10.5. The first-order valence-electron chi connectivity index (χ1n) is 12.4. The third kappa shape index (κ3) is 4.03. The summed E-state index contributed by atoms with van der Waals surface area (Å²) in [5.74, 6) is 1.37. The number of fused-ring (bicyclic) bond motifs is 2. The van der Waals surface area contributed by atoms with E-state index >= 15 is 0 Å². The van der Waals surface area contributed by atoms with Crippen LogP contribution in [-0.2, 0) is 11.3 Å². The van der Waals surface area contributed by atoms with Crippen LogP contribution in [0.3, 0.4) is 0 Å². The topological polar surface area (TPSA) is 77.1 Å². The van der Waals surface area contributed by atoms with Crippen molar-refractivity contribution in [3.8, 4) is 0 Å². The first kappa shape index (κ1) is 21.6. The van der Waals surface area contributed by atoms with E-state index < -0.39 is 0 Å². The Morgan fingerprint density at radius 3 is 2.81 bits per heavy atom. The van der Waals surface area contributed by atoms with Crippen molar-refractivity contribution in [1.82, 2.24) is 24.1 Å². The van der Waals surface area contributed by atoms with E-state index in [0.717, 1.165) is 39.9 Å². The molecule has 4 heterocycles. The van der Waals surface area contributed by atoms with Gasteiger partial charge in [0.05, 0.1) is 23.1 Å². The molecule has 36 heavy (non-hydrogen) atoms. The normalized spacial score (nSPS) is 19.2. The Bertz CT molecular complexity index is 1650. The number of aromatic nitrogens is 5. The molecule has 2 saturated carbocycles. The molecule has 1 unspecified atom stereocenters. The number of aryl methyl sites for hydroxylation is 1. The molecule has 1 N–H and O–H groups in total. The SMILES string of the molecule is Cc1cc2nn(Cc3cn4cc(C5CC5)ccc4n3)cc2c(NC(=O)[C@H]2CC2c2cccc(Cl)c2)n1. The maximum absolute atomic E-state index is 13.1. The van der Waals surface area contributed by atoms with Gasteiger partial charge in [-0.25, -0.2) is 9.97 Å². The molecule has 7 nitrogen and oxygen atoms in total. The summed E-state index contributed by atoms with van der Waals surface area (Å²) < 4.78 is 3.98. The van der Waals surface area contributed by atoms with Gasteiger partial charge in [-0.2, -0.15) is 5.10 Å². The number of rotatable bonds is 6. The number of halogens is 1. The number of nitrogens with one attached hydrogen (secondary N) is 1. The van der Waals surface area contributed by atoms with Gasteiger partial charge in [0.15, 0.2) is 0 Å². The maximum atomic E-state index is 13.1. The van der Waals surface area contributed by atoms with Crippen LogP contribution in [0.1, 0.15) is 53.6 Å². The second kappa shape index (κ2) is 8.17. The van der Waals surface area contributed by atoms with Crippen molar-refractivity contribution in [1.29, 1.82) is 0 Å². The summed E-state index contributed by atoms with van der Waals surface area (Å²) in [6.45, 7) is 2.46. The number of anilines is 1. The molecule has 0 saturated heterocycles. The molecule has 2 aliphatic rings. The van der Waals surface area contributed by atoms with E-state index in [4.69, 9.17) is 21.7 Å². The van der Waals surface area contributed by atoms with E-state index in [1.54, 1.807) is 0 Å². The molecule has 0 spiro atoms. The summed E-state index contributed by atoms with van der Waals surface area (Å²) >= 11 is 6.14. The van der Waals surface area contributed by atoms with Crippen LogP contribution < -0.4 is 5.32 Å². The molecule has 0 radical (unpaired) electrons. The third-order valence-electron chi connectivity index (χ3n) is 7.22. The molecule has 8 heteroatoms. The van der Waals surface area contributed by atoms with Crippen LogP contribution in [0.25, 0.3) is 16.6 Å². The number of hydrogen-bond acceptors (Lipinski definition) is 4. The fraction of sp³-hybridized carbons (Fsp3) is 0.286. The number of amides is 1. The molecule has 7 rings (SSSR count). The lowest BCUT2D eigenvalue weighted by molar-refractivity contribution is -0.117. The molecule has 2 atom stereocenters. The van der Waals surface area contributed by atoms with E-state index in [1.165, 1.54) is 18.4 Å². The number of benzene rings is 1. The average Bonchev–Trinajstić information content (AvgIpc) is 3.76. The maximum Gasteiger partial charge on any atom is 0.229 e. The van der Waals surface area contributed by atoms with Gasteiger partial charge in [0.25, 0.3) is 0 Å². The fourth-order valence-corrected chi connectivity index (χ4v) is 5.33. The molecule has 1 amide bonds. The van der Waals surface area contributed by atoms with Crippen molar-refractivity contribution < 1.29 is 4.79 Å².